The molecule has 2 nitrogen and oxygen atoms in total. The molecule has 0 aliphatic heterocycles. The first-order valence-electron chi connectivity index (χ1n) is 16.0. The standard InChI is InChI=1S/C36H61NO/c1-7-8-9-10-11-12-13-14-15-16-17-18-19-20-29-37-35(38)30-32(3)24-21-23-31(2)26-27-34-33(4)25-22-28-36(34,5)6/h21,23-24,26-27,30H,7-20,22,25,28-29H2,1-6H3,(H,37,38). The number of rotatable bonds is 20. The molecule has 0 aromatic carbocycles. The maximum Gasteiger partial charge on any atom is 0.244 e. The molecule has 0 fully saturated rings. The van der Waals surface area contributed by atoms with Crippen LogP contribution in [-0.4, -0.2) is 12.5 Å². The van der Waals surface area contributed by atoms with Crippen molar-refractivity contribution < 1.29 is 4.79 Å². The van der Waals surface area contributed by atoms with Crippen molar-refractivity contribution in [1.29, 1.82) is 0 Å². The summed E-state index contributed by atoms with van der Waals surface area (Å²) in [7, 11) is 0. The molecule has 0 spiro atoms. The van der Waals surface area contributed by atoms with Crippen molar-refractivity contribution in [2.45, 2.75) is 151 Å². The van der Waals surface area contributed by atoms with Gasteiger partial charge in [0.25, 0.3) is 0 Å². The van der Waals surface area contributed by atoms with Crippen molar-refractivity contribution in [3.63, 3.8) is 0 Å². The maximum absolute atomic E-state index is 12.2. The zero-order valence-electron chi connectivity index (χ0n) is 26.1. The van der Waals surface area contributed by atoms with Crippen LogP contribution in [0.25, 0.3) is 0 Å². The first-order valence-corrected chi connectivity index (χ1v) is 16.0. The molecule has 2 heteroatoms. The summed E-state index contributed by atoms with van der Waals surface area (Å²) >= 11 is 0. The van der Waals surface area contributed by atoms with Crippen molar-refractivity contribution in [3.05, 3.63) is 58.7 Å². The van der Waals surface area contributed by atoms with E-state index in [0.717, 1.165) is 18.5 Å². The molecule has 1 amide bonds. The molecular weight excluding hydrogens is 462 g/mol. The van der Waals surface area contributed by atoms with Crippen LogP contribution < -0.4 is 5.32 Å². The average Bonchev–Trinajstić information content (AvgIpc) is 2.85. The van der Waals surface area contributed by atoms with Gasteiger partial charge in [0.15, 0.2) is 0 Å². The van der Waals surface area contributed by atoms with Gasteiger partial charge in [-0.25, -0.2) is 0 Å². The van der Waals surface area contributed by atoms with Crippen LogP contribution in [0.4, 0.5) is 0 Å². The monoisotopic (exact) mass is 523 g/mol. The third-order valence-electron chi connectivity index (χ3n) is 7.96. The Labute approximate surface area is 237 Å². The minimum atomic E-state index is 0.0179. The van der Waals surface area contributed by atoms with Crippen LogP contribution in [0.3, 0.4) is 0 Å². The molecule has 0 atom stereocenters. The minimum absolute atomic E-state index is 0.0179. The highest BCUT2D eigenvalue weighted by Gasteiger charge is 2.26. The second-order valence-corrected chi connectivity index (χ2v) is 12.3. The van der Waals surface area contributed by atoms with E-state index in [0.29, 0.717) is 0 Å². The Morgan fingerprint density at radius 1 is 0.816 bits per heavy atom. The molecule has 0 radical (unpaired) electrons. The second-order valence-electron chi connectivity index (χ2n) is 12.3. The SMILES string of the molecule is CCCCCCCCCCCCCCCCNC(=O)C=C(C)C=CC=C(C)C=CC1=C(C)CCCC1(C)C. The lowest BCUT2D eigenvalue weighted by Gasteiger charge is -2.32. The average molecular weight is 524 g/mol. The first-order chi connectivity index (χ1) is 18.3. The number of allylic oxidation sites excluding steroid dienone is 9. The number of carbonyl (C=O) groups is 1. The van der Waals surface area contributed by atoms with Crippen LogP contribution in [0.5, 0.6) is 0 Å². The number of hydrogen-bond acceptors (Lipinski definition) is 1. The summed E-state index contributed by atoms with van der Waals surface area (Å²) in [6, 6.07) is 0. The quantitative estimate of drug-likeness (QED) is 0.0959. The van der Waals surface area contributed by atoms with Gasteiger partial charge in [0.05, 0.1) is 0 Å². The number of carbonyl (C=O) groups excluding carboxylic acids is 1. The lowest BCUT2D eigenvalue weighted by Crippen LogP contribution is -2.22. The van der Waals surface area contributed by atoms with E-state index in [1.54, 1.807) is 6.08 Å². The van der Waals surface area contributed by atoms with Crippen molar-refractivity contribution >= 4 is 5.91 Å². The molecule has 0 aromatic rings. The van der Waals surface area contributed by atoms with E-state index < -0.39 is 0 Å². The van der Waals surface area contributed by atoms with E-state index in [-0.39, 0.29) is 11.3 Å². The van der Waals surface area contributed by atoms with Gasteiger partial charge in [0.2, 0.25) is 5.91 Å². The van der Waals surface area contributed by atoms with Crippen LogP contribution in [0.15, 0.2) is 58.7 Å². The van der Waals surface area contributed by atoms with Gasteiger partial charge in [-0.2, -0.15) is 0 Å². The van der Waals surface area contributed by atoms with Gasteiger partial charge in [0.1, 0.15) is 0 Å². The van der Waals surface area contributed by atoms with Crippen LogP contribution in [-0.2, 0) is 4.79 Å². The fourth-order valence-corrected chi connectivity index (χ4v) is 5.47. The molecule has 1 aliphatic rings. The van der Waals surface area contributed by atoms with Crippen molar-refractivity contribution in [2.75, 3.05) is 6.54 Å². The van der Waals surface area contributed by atoms with E-state index >= 15 is 0 Å². The lowest BCUT2D eigenvalue weighted by atomic mass is 9.72. The Bertz CT molecular complexity index is 805. The Balaban J connectivity index is 2.14. The molecule has 1 aliphatic carbocycles. The zero-order chi connectivity index (χ0) is 28.1. The highest BCUT2D eigenvalue weighted by Crippen LogP contribution is 2.40. The molecular formula is C36H61NO. The van der Waals surface area contributed by atoms with Gasteiger partial charge in [-0.15, -0.1) is 0 Å². The third kappa shape index (κ3) is 16.9. The molecule has 1 rings (SSSR count). The van der Waals surface area contributed by atoms with Gasteiger partial charge in [-0.1, -0.05) is 146 Å². The topological polar surface area (TPSA) is 29.1 Å². The van der Waals surface area contributed by atoms with Gasteiger partial charge in [-0.05, 0) is 63.0 Å². The van der Waals surface area contributed by atoms with Crippen LogP contribution in [0, 0.1) is 5.41 Å². The second kappa shape index (κ2) is 21.0. The minimum Gasteiger partial charge on any atom is -0.353 e. The number of hydrogen-bond donors (Lipinski definition) is 1. The molecule has 0 unspecified atom stereocenters. The van der Waals surface area contributed by atoms with Gasteiger partial charge < -0.3 is 5.32 Å². The summed E-state index contributed by atoms with van der Waals surface area (Å²) in [5.74, 6) is 0.0179. The Kier molecular flexibility index (Phi) is 18.9. The number of amides is 1. The predicted molar refractivity (Wildman–Crippen MR) is 169 cm³/mol. The molecule has 0 saturated carbocycles. The van der Waals surface area contributed by atoms with E-state index in [9.17, 15) is 4.79 Å². The summed E-state index contributed by atoms with van der Waals surface area (Å²) in [4.78, 5) is 12.2. The van der Waals surface area contributed by atoms with E-state index in [2.05, 4.69) is 58.2 Å². The molecule has 0 aromatic heterocycles. The smallest absolute Gasteiger partial charge is 0.244 e. The van der Waals surface area contributed by atoms with Crippen molar-refractivity contribution in [1.82, 2.24) is 5.32 Å². The highest BCUT2D eigenvalue weighted by atomic mass is 16.1. The normalized spacial score (nSPS) is 16.7. The van der Waals surface area contributed by atoms with Crippen LogP contribution in [0.2, 0.25) is 0 Å². The van der Waals surface area contributed by atoms with Gasteiger partial charge >= 0.3 is 0 Å². The third-order valence-corrected chi connectivity index (χ3v) is 7.96. The van der Waals surface area contributed by atoms with Crippen LogP contribution in [0.1, 0.15) is 151 Å². The Morgan fingerprint density at radius 3 is 1.92 bits per heavy atom. The molecule has 216 valence electrons. The predicted octanol–water partition coefficient (Wildman–Crippen LogP) is 11.1. The highest BCUT2D eigenvalue weighted by molar-refractivity contribution is 5.88. The van der Waals surface area contributed by atoms with Gasteiger partial charge in [-0.3, -0.25) is 4.79 Å². The largest absolute Gasteiger partial charge is 0.353 e. The fourth-order valence-electron chi connectivity index (χ4n) is 5.47. The molecule has 0 bridgehead atoms. The summed E-state index contributed by atoms with van der Waals surface area (Å²) in [6.45, 7) is 14.2. The van der Waals surface area contributed by atoms with E-state index in [1.807, 2.05) is 19.1 Å². The fraction of sp³-hybridized carbons (Fsp3) is 0.694. The summed E-state index contributed by atoms with van der Waals surface area (Å²) < 4.78 is 0. The number of nitrogens with one attached hydrogen (secondary N) is 1. The lowest BCUT2D eigenvalue weighted by molar-refractivity contribution is -0.116. The maximum atomic E-state index is 12.2. The van der Waals surface area contributed by atoms with Crippen LogP contribution >= 0.6 is 0 Å². The number of unbranched alkanes of at least 4 members (excludes halogenated alkanes) is 13. The molecule has 1 N–H and O–H groups in total. The first kappa shape index (κ1) is 34.2. The van der Waals surface area contributed by atoms with E-state index in [1.165, 1.54) is 119 Å². The summed E-state index contributed by atoms with van der Waals surface area (Å²) in [5.41, 5.74) is 5.49. The summed E-state index contributed by atoms with van der Waals surface area (Å²) in [6.07, 6.45) is 35.2. The Hall–Kier alpha value is -1.83. The molecule has 0 heterocycles. The molecule has 0 saturated heterocycles. The Morgan fingerprint density at radius 2 is 1.37 bits per heavy atom. The zero-order valence-corrected chi connectivity index (χ0v) is 26.1. The molecule has 38 heavy (non-hydrogen) atoms. The van der Waals surface area contributed by atoms with E-state index in [4.69, 9.17) is 0 Å². The van der Waals surface area contributed by atoms with Crippen molar-refractivity contribution in [3.8, 4) is 0 Å². The summed E-state index contributed by atoms with van der Waals surface area (Å²) in [5, 5.41) is 3.04. The van der Waals surface area contributed by atoms with Gasteiger partial charge in [0, 0.05) is 12.6 Å². The van der Waals surface area contributed by atoms with Crippen molar-refractivity contribution in [2.24, 2.45) is 5.41 Å².